The van der Waals surface area contributed by atoms with Crippen LogP contribution in [0.1, 0.15) is 17.2 Å². The number of anilines is 1. The molecule has 0 amide bonds. The van der Waals surface area contributed by atoms with E-state index in [9.17, 15) is 28.3 Å². The number of phosphoric acid groups is 3. The van der Waals surface area contributed by atoms with Crippen molar-refractivity contribution in [3.8, 4) is 29.1 Å². The number of nitrogens with one attached hydrogen (secondary N) is 1. The Hall–Kier alpha value is -2.96. The van der Waals surface area contributed by atoms with Crippen LogP contribution in [0.2, 0.25) is 0 Å². The van der Waals surface area contributed by atoms with E-state index < -0.39 is 53.9 Å². The number of nitrogen functional groups attached to an aromatic ring is 1. The highest BCUT2D eigenvalue weighted by Gasteiger charge is 2.45. The molecule has 3 unspecified atom stereocenters. The molecule has 1 aromatic carbocycles. The number of hydrogen-bond donors (Lipinski definition) is 7. The molecule has 1 saturated heterocycles. The first-order chi connectivity index (χ1) is 23.5. The van der Waals surface area contributed by atoms with Crippen LogP contribution in [-0.2, 0) is 42.1 Å². The molecule has 0 spiro atoms. The lowest BCUT2D eigenvalue weighted by molar-refractivity contribution is -0.0228. The van der Waals surface area contributed by atoms with Crippen molar-refractivity contribution in [1.29, 1.82) is 0 Å². The number of aromatic amines is 1. The number of ether oxygens (including phenoxy) is 5. The number of phosphoric ester groups is 1. The average molecular weight is 786 g/mol. The van der Waals surface area contributed by atoms with E-state index in [-0.39, 0.29) is 41.6 Å². The Morgan fingerprint density at radius 2 is 1.76 bits per heavy atom. The van der Waals surface area contributed by atoms with Crippen molar-refractivity contribution in [3.05, 3.63) is 39.8 Å². The molecule has 1 fully saturated rings. The van der Waals surface area contributed by atoms with Crippen LogP contribution >= 0.6 is 35.2 Å². The maximum absolute atomic E-state index is 12.9. The third-order valence-electron chi connectivity index (χ3n) is 6.84. The molecule has 21 nitrogen and oxygen atoms in total. The Morgan fingerprint density at radius 1 is 1.08 bits per heavy atom. The van der Waals surface area contributed by atoms with E-state index >= 15 is 0 Å². The summed E-state index contributed by atoms with van der Waals surface area (Å²) in [6.07, 6.45) is -0.682. The molecule has 5 atom stereocenters. The predicted molar refractivity (Wildman–Crippen MR) is 176 cm³/mol. The zero-order valence-electron chi connectivity index (χ0n) is 26.5. The molecule has 25 heteroatoms. The van der Waals surface area contributed by atoms with Gasteiger partial charge in [-0.3, -0.25) is 14.3 Å². The highest BCUT2D eigenvalue weighted by atomic mass is 32.2. The van der Waals surface area contributed by atoms with Gasteiger partial charge in [0.15, 0.2) is 5.65 Å². The standard InChI is InChI=1S/C25H34N5O16P3S/c1-39-15-7-18(40-2)16(19(8-15)41-3)12-50-13-43-22-17(30-9-14(5-4-6-26)21-23(30)28-25(27)29-24(21)31)10-42-20(22)11-44-48(35,36)46-49(37,38)45-47(32,33)34/h7-9,17,20,22H,6,10-13,26H2,1-3H3,(H,35,36)(H,37,38)(H2,32,33,34)(H3,27,28,29,31)/t17-,20?,22+/m1/s1. The number of methoxy groups -OCH3 is 3. The van der Waals surface area contributed by atoms with E-state index in [1.54, 1.807) is 12.1 Å². The fraction of sp³-hybridized carbons (Fsp3) is 0.440. The van der Waals surface area contributed by atoms with Gasteiger partial charge < -0.3 is 59.3 Å². The monoisotopic (exact) mass is 785 g/mol. The van der Waals surface area contributed by atoms with E-state index in [2.05, 4.69) is 30.4 Å². The van der Waals surface area contributed by atoms with E-state index in [1.807, 2.05) is 0 Å². The summed E-state index contributed by atoms with van der Waals surface area (Å²) < 4.78 is 77.6. The first-order valence-corrected chi connectivity index (χ1v) is 19.7. The first-order valence-electron chi connectivity index (χ1n) is 14.0. The second-order valence-electron chi connectivity index (χ2n) is 10.0. The average Bonchev–Trinajstić information content (AvgIpc) is 3.59. The van der Waals surface area contributed by atoms with E-state index in [4.69, 9.17) is 49.5 Å². The Morgan fingerprint density at radius 3 is 2.36 bits per heavy atom. The normalized spacial score (nSPS) is 20.1. The van der Waals surface area contributed by atoms with E-state index in [0.29, 0.717) is 28.6 Å². The molecule has 0 radical (unpaired) electrons. The van der Waals surface area contributed by atoms with Crippen molar-refractivity contribution >= 4 is 52.2 Å². The minimum atomic E-state index is -5.77. The Bertz CT molecular complexity index is 1930. The number of H-pyrrole nitrogens is 1. The summed E-state index contributed by atoms with van der Waals surface area (Å²) in [6, 6.07) is 2.57. The third-order valence-corrected chi connectivity index (χ3v) is 11.4. The lowest BCUT2D eigenvalue weighted by Crippen LogP contribution is -2.34. The summed E-state index contributed by atoms with van der Waals surface area (Å²) in [5.74, 6) is 7.08. The molecule has 0 aliphatic carbocycles. The van der Waals surface area contributed by atoms with Crippen LogP contribution in [0, 0.1) is 11.8 Å². The smallest absolute Gasteiger partial charge is 0.490 e. The molecule has 3 aromatic rings. The molecular weight excluding hydrogens is 751 g/mol. The highest BCUT2D eigenvalue weighted by Crippen LogP contribution is 2.66. The SMILES string of the molecule is COc1cc(OC)c(CSCO[C@@H]2C(COP(=O)(O)OP(=O)(O)OP(=O)(O)O)OC[C@H]2n2cc(C#CCN)c3c(=O)[nH]c(N)nc32)c(OC)c1. The van der Waals surface area contributed by atoms with Crippen LogP contribution < -0.4 is 31.2 Å². The molecule has 9 N–H and O–H groups in total. The number of rotatable bonds is 16. The molecule has 50 heavy (non-hydrogen) atoms. The molecule has 1 aliphatic rings. The largest absolute Gasteiger partial charge is 0.496 e. The topological polar surface area (TPSA) is 309 Å². The van der Waals surface area contributed by atoms with Gasteiger partial charge >= 0.3 is 23.5 Å². The van der Waals surface area contributed by atoms with Gasteiger partial charge in [0, 0.05) is 29.6 Å². The summed E-state index contributed by atoms with van der Waals surface area (Å²) in [5, 5.41) is 0.101. The number of hydrogen-bond acceptors (Lipinski definition) is 16. The summed E-state index contributed by atoms with van der Waals surface area (Å²) in [6.45, 7) is -0.943. The van der Waals surface area contributed by atoms with Gasteiger partial charge in [-0.2, -0.15) is 13.6 Å². The van der Waals surface area contributed by atoms with Gasteiger partial charge in [0.05, 0.1) is 64.0 Å². The lowest BCUT2D eigenvalue weighted by atomic mass is 10.1. The van der Waals surface area contributed by atoms with E-state index in [1.165, 1.54) is 43.9 Å². The summed E-state index contributed by atoms with van der Waals surface area (Å²) in [4.78, 5) is 56.8. The number of aromatic nitrogens is 3. The van der Waals surface area contributed by atoms with Gasteiger partial charge in [-0.1, -0.05) is 11.8 Å². The Labute approximate surface area is 287 Å². The summed E-state index contributed by atoms with van der Waals surface area (Å²) in [7, 11) is -12.4. The molecule has 2 aromatic heterocycles. The number of nitrogens with zero attached hydrogens (tertiary/aromatic N) is 2. The Kier molecular flexibility index (Phi) is 13.2. The van der Waals surface area contributed by atoms with Gasteiger partial charge in [0.2, 0.25) is 5.95 Å². The molecule has 1 aliphatic heterocycles. The van der Waals surface area contributed by atoms with Crippen LogP contribution in [0.4, 0.5) is 5.95 Å². The van der Waals surface area contributed by atoms with Gasteiger partial charge in [0.1, 0.15) is 29.5 Å². The number of benzene rings is 1. The number of thioether (sulfide) groups is 1. The quantitative estimate of drug-likeness (QED) is 0.0464. The van der Waals surface area contributed by atoms with Gasteiger partial charge in [-0.15, -0.1) is 11.8 Å². The zero-order chi connectivity index (χ0) is 36.9. The lowest BCUT2D eigenvalue weighted by Gasteiger charge is -2.25. The van der Waals surface area contributed by atoms with Gasteiger partial charge in [-0.05, 0) is 0 Å². The highest BCUT2D eigenvalue weighted by molar-refractivity contribution is 7.98. The van der Waals surface area contributed by atoms with E-state index in [0.717, 1.165) is 0 Å². The first kappa shape index (κ1) is 39.8. The molecule has 0 saturated carbocycles. The van der Waals surface area contributed by atoms with Crippen molar-refractivity contribution in [2.45, 2.75) is 24.0 Å². The maximum atomic E-state index is 12.9. The molecule has 4 rings (SSSR count). The summed E-state index contributed by atoms with van der Waals surface area (Å²) >= 11 is 1.28. The molecule has 276 valence electrons. The number of nitrogens with two attached hydrogens (primary N) is 2. The molecule has 0 bridgehead atoms. The van der Waals surface area contributed by atoms with Gasteiger partial charge in [-0.25, -0.2) is 13.7 Å². The zero-order valence-corrected chi connectivity index (χ0v) is 30.0. The van der Waals surface area contributed by atoms with Crippen molar-refractivity contribution in [3.63, 3.8) is 0 Å². The predicted octanol–water partition coefficient (Wildman–Crippen LogP) is 1.20. The third kappa shape index (κ3) is 10.1. The van der Waals surface area contributed by atoms with Crippen molar-refractivity contribution < 1.29 is 70.1 Å². The minimum Gasteiger partial charge on any atom is -0.496 e. The van der Waals surface area contributed by atoms with Crippen LogP contribution in [0.25, 0.3) is 11.0 Å². The number of fused-ring (bicyclic) bond motifs is 1. The fourth-order valence-electron chi connectivity index (χ4n) is 4.89. The van der Waals surface area contributed by atoms with Crippen LogP contribution in [0.3, 0.4) is 0 Å². The van der Waals surface area contributed by atoms with Crippen molar-refractivity contribution in [1.82, 2.24) is 14.5 Å². The summed E-state index contributed by atoms with van der Waals surface area (Å²) in [5.41, 5.74) is 11.9. The minimum absolute atomic E-state index is 0.00504. The van der Waals surface area contributed by atoms with Gasteiger partial charge in [0.25, 0.3) is 5.56 Å². The molecular formula is C25H34N5O16P3S. The van der Waals surface area contributed by atoms with Crippen molar-refractivity contribution in [2.24, 2.45) is 5.73 Å². The van der Waals surface area contributed by atoms with Crippen molar-refractivity contribution in [2.75, 3.05) is 52.8 Å². The second kappa shape index (κ2) is 16.6. The fourth-order valence-corrected chi connectivity index (χ4v) is 8.74. The molecule has 3 heterocycles. The van der Waals surface area contributed by atoms with Crippen LogP contribution in [0.15, 0.2) is 23.1 Å². The maximum Gasteiger partial charge on any atom is 0.490 e. The Balaban J connectivity index is 1.62. The second-order valence-corrected chi connectivity index (χ2v) is 15.4. The van der Waals surface area contributed by atoms with Crippen LogP contribution in [0.5, 0.6) is 17.2 Å². The van der Waals surface area contributed by atoms with Crippen LogP contribution in [-0.4, -0.2) is 93.3 Å².